The number of carbonyl (C=O) groups is 1. The third-order valence-corrected chi connectivity index (χ3v) is 4.45. The Morgan fingerprint density at radius 1 is 1.24 bits per heavy atom. The fourth-order valence-electron chi connectivity index (χ4n) is 2.70. The molecule has 1 amide bonds. The van der Waals surface area contributed by atoms with Gasteiger partial charge in [0.1, 0.15) is 16.8 Å². The number of nitrogens with one attached hydrogen (secondary N) is 1. The van der Waals surface area contributed by atoms with Crippen LogP contribution < -0.4 is 5.32 Å². The number of fused-ring (bicyclic) bond motifs is 1. The summed E-state index contributed by atoms with van der Waals surface area (Å²) in [4.78, 5) is 16.5. The average Bonchev–Trinajstić information content (AvgIpc) is 2.71. The second kappa shape index (κ2) is 9.37. The van der Waals surface area contributed by atoms with Crippen molar-refractivity contribution >= 4 is 28.4 Å². The Morgan fingerprint density at radius 2 is 2.00 bits per heavy atom. The van der Waals surface area contributed by atoms with Crippen molar-refractivity contribution in [3.63, 3.8) is 0 Å². The molecule has 3 N–H and O–H groups in total. The summed E-state index contributed by atoms with van der Waals surface area (Å²) in [7, 11) is 0. The lowest BCUT2D eigenvalue weighted by Gasteiger charge is -2.09. The minimum absolute atomic E-state index is 0.0277. The molecule has 1 aromatic heterocycles. The molecule has 0 radical (unpaired) electrons. The van der Waals surface area contributed by atoms with Gasteiger partial charge in [-0.3, -0.25) is 9.78 Å². The van der Waals surface area contributed by atoms with Crippen LogP contribution >= 0.6 is 11.6 Å². The molecule has 0 saturated carbocycles. The van der Waals surface area contributed by atoms with Gasteiger partial charge in [0.05, 0.1) is 0 Å². The summed E-state index contributed by atoms with van der Waals surface area (Å²) in [5, 5.41) is 22.7. The number of carbonyl (C=O) groups excluding carboxylic acids is 1. The SMILES string of the molecule is O=C(NCc1ccc(Cl)cc1)c1cnc2c(F)cc(C#CCCCO)cc2c1O. The van der Waals surface area contributed by atoms with E-state index in [2.05, 4.69) is 22.1 Å². The van der Waals surface area contributed by atoms with E-state index in [4.69, 9.17) is 16.7 Å². The van der Waals surface area contributed by atoms with E-state index < -0.39 is 11.7 Å². The molecule has 3 rings (SSSR count). The zero-order valence-corrected chi connectivity index (χ0v) is 16.1. The molecule has 0 atom stereocenters. The van der Waals surface area contributed by atoms with E-state index in [1.807, 2.05) is 0 Å². The molecular weight excluding hydrogens is 395 g/mol. The molecule has 0 aliphatic rings. The fourth-order valence-corrected chi connectivity index (χ4v) is 2.82. The van der Waals surface area contributed by atoms with Gasteiger partial charge in [0.2, 0.25) is 0 Å². The van der Waals surface area contributed by atoms with Gasteiger partial charge in [-0.25, -0.2) is 4.39 Å². The van der Waals surface area contributed by atoms with Gasteiger partial charge in [-0.1, -0.05) is 35.6 Å². The van der Waals surface area contributed by atoms with Crippen LogP contribution in [0.25, 0.3) is 10.9 Å². The topological polar surface area (TPSA) is 82.5 Å². The minimum atomic E-state index is -0.641. The lowest BCUT2D eigenvalue weighted by Crippen LogP contribution is -2.23. The molecule has 3 aromatic rings. The van der Waals surface area contributed by atoms with Crippen LogP contribution in [-0.4, -0.2) is 27.7 Å². The number of hydrogen-bond acceptors (Lipinski definition) is 4. The predicted octanol–water partition coefficient (Wildman–Crippen LogP) is 3.79. The third kappa shape index (κ3) is 5.02. The van der Waals surface area contributed by atoms with Crippen molar-refractivity contribution in [1.29, 1.82) is 0 Å². The van der Waals surface area contributed by atoms with Crippen LogP contribution in [0.1, 0.15) is 34.3 Å². The van der Waals surface area contributed by atoms with Crippen LogP contribution in [-0.2, 0) is 6.54 Å². The summed E-state index contributed by atoms with van der Waals surface area (Å²) < 4.78 is 14.3. The van der Waals surface area contributed by atoms with Crippen molar-refractivity contribution in [2.75, 3.05) is 6.61 Å². The van der Waals surface area contributed by atoms with Crippen LogP contribution in [0.5, 0.6) is 5.75 Å². The molecule has 148 valence electrons. The van der Waals surface area contributed by atoms with Crippen molar-refractivity contribution in [3.8, 4) is 17.6 Å². The van der Waals surface area contributed by atoms with E-state index in [0.29, 0.717) is 23.4 Å². The van der Waals surface area contributed by atoms with Crippen LogP contribution in [0.15, 0.2) is 42.6 Å². The van der Waals surface area contributed by atoms with Crippen LogP contribution in [0.4, 0.5) is 4.39 Å². The Balaban J connectivity index is 1.85. The summed E-state index contributed by atoms with van der Waals surface area (Å²) in [5.74, 6) is 4.08. The largest absolute Gasteiger partial charge is 0.506 e. The summed E-state index contributed by atoms with van der Waals surface area (Å²) in [6, 6.07) is 9.69. The first-order valence-corrected chi connectivity index (χ1v) is 9.31. The van der Waals surface area contributed by atoms with Gasteiger partial charge >= 0.3 is 0 Å². The van der Waals surface area contributed by atoms with E-state index in [-0.39, 0.29) is 35.4 Å². The maximum atomic E-state index is 14.3. The van der Waals surface area contributed by atoms with Crippen molar-refractivity contribution in [3.05, 3.63) is 70.1 Å². The highest BCUT2D eigenvalue weighted by Crippen LogP contribution is 2.29. The van der Waals surface area contributed by atoms with E-state index in [1.54, 1.807) is 24.3 Å². The number of unbranched alkanes of at least 4 members (excludes halogenated alkanes) is 1. The molecule has 29 heavy (non-hydrogen) atoms. The Labute approximate surface area is 172 Å². The Hall–Kier alpha value is -3.14. The molecular formula is C22H18ClFN2O3. The standard InChI is InChI=1S/C22H18ClFN2O3/c23-16-7-5-14(6-8-16)12-26-22(29)18-13-25-20-17(21(18)28)10-15(11-19(20)24)4-2-1-3-9-27/h5-8,10-11,13,27H,1,3,9,12H2,(H,25,28)(H,26,29). The number of aromatic nitrogens is 1. The van der Waals surface area contributed by atoms with Crippen molar-refractivity contribution in [2.24, 2.45) is 0 Å². The fraction of sp³-hybridized carbons (Fsp3) is 0.182. The number of pyridine rings is 1. The number of aromatic hydroxyl groups is 1. The molecule has 1 heterocycles. The molecule has 2 aromatic carbocycles. The zero-order valence-electron chi connectivity index (χ0n) is 15.4. The monoisotopic (exact) mass is 412 g/mol. The minimum Gasteiger partial charge on any atom is -0.506 e. The van der Waals surface area contributed by atoms with E-state index in [0.717, 1.165) is 11.8 Å². The first kappa shape index (κ1) is 20.6. The van der Waals surface area contributed by atoms with Crippen LogP contribution in [0.3, 0.4) is 0 Å². The number of aliphatic hydroxyl groups excluding tert-OH is 1. The highest BCUT2D eigenvalue weighted by molar-refractivity contribution is 6.30. The molecule has 0 aliphatic heterocycles. The summed E-state index contributed by atoms with van der Waals surface area (Å²) in [5.41, 5.74) is 1.08. The quantitative estimate of drug-likeness (QED) is 0.440. The third-order valence-electron chi connectivity index (χ3n) is 4.20. The molecule has 0 unspecified atom stereocenters. The number of benzene rings is 2. The normalized spacial score (nSPS) is 10.4. The summed E-state index contributed by atoms with van der Waals surface area (Å²) in [6.45, 7) is 0.262. The van der Waals surface area contributed by atoms with E-state index >= 15 is 0 Å². The number of aliphatic hydroxyl groups is 1. The first-order valence-electron chi connectivity index (χ1n) is 8.93. The lowest BCUT2D eigenvalue weighted by atomic mass is 10.1. The summed E-state index contributed by atoms with van der Waals surface area (Å²) >= 11 is 5.84. The van der Waals surface area contributed by atoms with Crippen molar-refractivity contribution < 1.29 is 19.4 Å². The van der Waals surface area contributed by atoms with Gasteiger partial charge in [0.15, 0.2) is 5.82 Å². The second-order valence-corrected chi connectivity index (χ2v) is 6.75. The van der Waals surface area contributed by atoms with Crippen molar-refractivity contribution in [2.45, 2.75) is 19.4 Å². The molecule has 0 saturated heterocycles. The Kier molecular flexibility index (Phi) is 6.65. The number of rotatable bonds is 5. The van der Waals surface area contributed by atoms with Crippen LogP contribution in [0.2, 0.25) is 5.02 Å². The highest BCUT2D eigenvalue weighted by Gasteiger charge is 2.17. The van der Waals surface area contributed by atoms with E-state index in [1.165, 1.54) is 12.1 Å². The second-order valence-electron chi connectivity index (χ2n) is 6.31. The molecule has 5 nitrogen and oxygen atoms in total. The molecule has 0 fully saturated rings. The number of halogens is 2. The molecule has 0 spiro atoms. The Bertz CT molecular complexity index is 1100. The van der Waals surface area contributed by atoms with Gasteiger partial charge in [0, 0.05) is 41.7 Å². The number of nitrogens with zero attached hydrogens (tertiary/aromatic N) is 1. The smallest absolute Gasteiger partial charge is 0.256 e. The van der Waals surface area contributed by atoms with Gasteiger partial charge < -0.3 is 15.5 Å². The van der Waals surface area contributed by atoms with E-state index in [9.17, 15) is 14.3 Å². The summed E-state index contributed by atoms with van der Waals surface area (Å²) in [6.07, 6.45) is 2.13. The highest BCUT2D eigenvalue weighted by atomic mass is 35.5. The lowest BCUT2D eigenvalue weighted by molar-refractivity contribution is 0.0948. The van der Waals surface area contributed by atoms with Gasteiger partial charge in [-0.2, -0.15) is 0 Å². The molecule has 0 aliphatic carbocycles. The van der Waals surface area contributed by atoms with Crippen molar-refractivity contribution in [1.82, 2.24) is 10.3 Å². The zero-order chi connectivity index (χ0) is 20.8. The maximum Gasteiger partial charge on any atom is 0.256 e. The molecule has 7 heteroatoms. The molecule has 0 bridgehead atoms. The predicted molar refractivity (Wildman–Crippen MR) is 109 cm³/mol. The van der Waals surface area contributed by atoms with Gasteiger partial charge in [-0.15, -0.1) is 0 Å². The van der Waals surface area contributed by atoms with Crippen LogP contribution in [0, 0.1) is 17.7 Å². The first-order chi connectivity index (χ1) is 14.0. The van der Waals surface area contributed by atoms with Gasteiger partial charge in [-0.05, 0) is 36.2 Å². The van der Waals surface area contributed by atoms with Gasteiger partial charge in [0.25, 0.3) is 5.91 Å². The maximum absolute atomic E-state index is 14.3. The number of hydrogen-bond donors (Lipinski definition) is 3. The Morgan fingerprint density at radius 3 is 2.72 bits per heavy atom. The average molecular weight is 413 g/mol. The number of amides is 1.